The Bertz CT molecular complexity index is 1320. The lowest BCUT2D eigenvalue weighted by Crippen LogP contribution is -2.50. The lowest BCUT2D eigenvalue weighted by molar-refractivity contribution is -0.272. The Morgan fingerprint density at radius 3 is 2.49 bits per heavy atom. The summed E-state index contributed by atoms with van der Waals surface area (Å²) in [7, 11) is 0. The highest BCUT2D eigenvalue weighted by Gasteiger charge is 2.67. The van der Waals surface area contributed by atoms with E-state index >= 15 is 0 Å². The highest BCUT2D eigenvalue weighted by Crippen LogP contribution is 2.69. The summed E-state index contributed by atoms with van der Waals surface area (Å²) in [5.74, 6) is 2.04. The second-order valence-corrected chi connectivity index (χ2v) is 16.4. The molecular formula is C37H55NO7. The van der Waals surface area contributed by atoms with Crippen LogP contribution in [0, 0.1) is 46.3 Å². The number of aliphatic hydroxyl groups excluding tert-OH is 1. The molecular weight excluding hydrogens is 570 g/mol. The molecule has 5 fully saturated rings. The zero-order valence-corrected chi connectivity index (χ0v) is 27.8. The normalized spacial score (nSPS) is 44.7. The molecule has 8 nitrogen and oxygen atoms in total. The number of benzene rings is 1. The van der Waals surface area contributed by atoms with Gasteiger partial charge in [-0.15, -0.1) is 0 Å². The van der Waals surface area contributed by atoms with Gasteiger partial charge < -0.3 is 35.6 Å². The van der Waals surface area contributed by atoms with Crippen molar-refractivity contribution < 1.29 is 34.7 Å². The van der Waals surface area contributed by atoms with E-state index in [0.29, 0.717) is 46.2 Å². The van der Waals surface area contributed by atoms with E-state index < -0.39 is 11.5 Å². The fourth-order valence-electron chi connectivity index (χ4n) is 10.7. The number of aliphatic hydroxyl groups is 1. The molecule has 250 valence electrons. The van der Waals surface area contributed by atoms with Gasteiger partial charge in [-0.25, -0.2) is 0 Å². The van der Waals surface area contributed by atoms with Crippen molar-refractivity contribution in [2.24, 2.45) is 52.1 Å². The minimum atomic E-state index is -1.39. The molecule has 6 aliphatic rings. The number of phenolic OH excluding ortho intramolecular Hbond substituents is 2. The Labute approximate surface area is 268 Å². The van der Waals surface area contributed by atoms with Gasteiger partial charge in [0.1, 0.15) is 5.54 Å². The third-order valence-corrected chi connectivity index (χ3v) is 13.4. The lowest BCUT2D eigenvalue weighted by Gasteiger charge is -2.57. The summed E-state index contributed by atoms with van der Waals surface area (Å²) in [4.78, 5) is 10.7. The zero-order valence-electron chi connectivity index (χ0n) is 27.8. The molecule has 7 rings (SSSR count). The van der Waals surface area contributed by atoms with E-state index in [0.717, 1.165) is 37.7 Å². The molecule has 1 aromatic carbocycles. The molecule has 12 atom stereocenters. The minimum Gasteiger partial charge on any atom is -0.504 e. The standard InChI is InChI=1S/C27H42O3.C10H13NO4/c1-16-7-12-27(29-15-16)17(2)24-23(30-27)14-22-20-6-5-18-13-19(28)8-10-25(18,3)21(20)9-11-26(22,24)4;1-10(11,9(14)15)5-6-2-3-7(12)8(13)4-6/h9,16-20,22-24,28H,5-8,10-15H2,1-4H3;2-4,12-13H,5,11H2,1H3,(H,14,15). The van der Waals surface area contributed by atoms with Crippen molar-refractivity contribution in [3.63, 3.8) is 0 Å². The molecule has 12 unspecified atom stereocenters. The van der Waals surface area contributed by atoms with Gasteiger partial charge in [-0.05, 0) is 116 Å². The number of carboxylic acid groups (broad SMARTS) is 1. The summed E-state index contributed by atoms with van der Waals surface area (Å²) < 4.78 is 13.3. The fourth-order valence-corrected chi connectivity index (χ4v) is 10.7. The maximum absolute atomic E-state index is 10.7. The largest absolute Gasteiger partial charge is 0.504 e. The maximum Gasteiger partial charge on any atom is 0.323 e. The van der Waals surface area contributed by atoms with Crippen LogP contribution >= 0.6 is 0 Å². The SMILES string of the molecule is CC(N)(Cc1ccc(O)c(O)c1)C(=O)O.CC1CCC2(OC1)OC1CC3C4CCC5CC(O)CCC5(C)C4=CCC3(C)C1C2C. The van der Waals surface area contributed by atoms with E-state index in [4.69, 9.17) is 25.4 Å². The van der Waals surface area contributed by atoms with E-state index in [1.54, 1.807) is 5.57 Å². The van der Waals surface area contributed by atoms with E-state index in [9.17, 15) is 15.0 Å². The van der Waals surface area contributed by atoms with Gasteiger partial charge in [0.25, 0.3) is 0 Å². The molecule has 0 amide bonds. The van der Waals surface area contributed by atoms with Crippen molar-refractivity contribution in [1.29, 1.82) is 0 Å². The predicted molar refractivity (Wildman–Crippen MR) is 171 cm³/mol. The monoisotopic (exact) mass is 625 g/mol. The second-order valence-electron chi connectivity index (χ2n) is 16.4. The van der Waals surface area contributed by atoms with Crippen LogP contribution in [0.3, 0.4) is 0 Å². The summed E-state index contributed by atoms with van der Waals surface area (Å²) in [5, 5.41) is 37.3. The van der Waals surface area contributed by atoms with E-state index in [1.807, 2.05) is 0 Å². The summed E-state index contributed by atoms with van der Waals surface area (Å²) in [6.45, 7) is 12.1. The third-order valence-electron chi connectivity index (χ3n) is 13.4. The molecule has 6 N–H and O–H groups in total. The number of ether oxygens (including phenoxy) is 2. The number of aromatic hydroxyl groups is 2. The number of carbonyl (C=O) groups is 1. The quantitative estimate of drug-likeness (QED) is 0.199. The van der Waals surface area contributed by atoms with Crippen molar-refractivity contribution in [2.45, 2.75) is 122 Å². The topological polar surface area (TPSA) is 142 Å². The number of nitrogens with two attached hydrogens (primary N) is 1. The number of carboxylic acids is 1. The third kappa shape index (κ3) is 5.51. The Hall–Kier alpha value is -2.13. The summed E-state index contributed by atoms with van der Waals surface area (Å²) in [6, 6.07) is 4.11. The number of allylic oxidation sites excluding steroid dienone is 2. The maximum atomic E-state index is 10.7. The molecule has 4 aliphatic carbocycles. The first-order valence-electron chi connectivity index (χ1n) is 17.3. The van der Waals surface area contributed by atoms with E-state index in [2.05, 4.69) is 33.8 Å². The van der Waals surface area contributed by atoms with Crippen molar-refractivity contribution in [2.75, 3.05) is 6.61 Å². The molecule has 1 spiro atoms. The van der Waals surface area contributed by atoms with Gasteiger partial charge in [-0.1, -0.05) is 45.4 Å². The first-order valence-corrected chi connectivity index (χ1v) is 17.3. The van der Waals surface area contributed by atoms with Crippen LogP contribution < -0.4 is 5.73 Å². The summed E-state index contributed by atoms with van der Waals surface area (Å²) in [5.41, 5.74) is 7.16. The van der Waals surface area contributed by atoms with Crippen LogP contribution in [0.5, 0.6) is 11.5 Å². The highest BCUT2D eigenvalue weighted by molar-refractivity contribution is 5.78. The Morgan fingerprint density at radius 1 is 1.07 bits per heavy atom. The summed E-state index contributed by atoms with van der Waals surface area (Å²) >= 11 is 0. The van der Waals surface area contributed by atoms with Crippen LogP contribution in [-0.4, -0.2) is 56.5 Å². The number of aliphatic carboxylic acids is 1. The molecule has 1 aromatic rings. The molecule has 0 aromatic heterocycles. The number of hydrogen-bond donors (Lipinski definition) is 5. The molecule has 2 saturated heterocycles. The summed E-state index contributed by atoms with van der Waals surface area (Å²) in [6.07, 6.45) is 13.7. The van der Waals surface area contributed by atoms with Crippen molar-refractivity contribution >= 4 is 5.97 Å². The first kappa shape index (κ1) is 32.8. The molecule has 3 saturated carbocycles. The van der Waals surface area contributed by atoms with Gasteiger partial charge in [0.2, 0.25) is 0 Å². The number of fused-ring (bicyclic) bond motifs is 7. The minimum absolute atomic E-state index is 0.0661. The molecule has 2 heterocycles. The Morgan fingerprint density at radius 2 is 1.82 bits per heavy atom. The molecule has 45 heavy (non-hydrogen) atoms. The van der Waals surface area contributed by atoms with Crippen LogP contribution in [-0.2, 0) is 20.7 Å². The van der Waals surface area contributed by atoms with E-state index in [1.165, 1.54) is 63.6 Å². The van der Waals surface area contributed by atoms with Crippen molar-refractivity contribution in [3.05, 3.63) is 35.4 Å². The average molecular weight is 626 g/mol. The van der Waals surface area contributed by atoms with Crippen LogP contribution in [0.2, 0.25) is 0 Å². The molecule has 0 bridgehead atoms. The zero-order chi connectivity index (χ0) is 32.5. The first-order chi connectivity index (χ1) is 21.1. The van der Waals surface area contributed by atoms with Gasteiger partial charge in [0.05, 0.1) is 18.8 Å². The molecule has 0 radical (unpaired) electrons. The highest BCUT2D eigenvalue weighted by atomic mass is 16.7. The number of hydrogen-bond acceptors (Lipinski definition) is 7. The second kappa shape index (κ2) is 11.5. The van der Waals surface area contributed by atoms with Gasteiger partial charge >= 0.3 is 5.97 Å². The van der Waals surface area contributed by atoms with Crippen LogP contribution in [0.4, 0.5) is 0 Å². The number of phenols is 2. The van der Waals surface area contributed by atoms with Gasteiger partial charge in [-0.2, -0.15) is 0 Å². The van der Waals surface area contributed by atoms with E-state index in [-0.39, 0.29) is 29.8 Å². The van der Waals surface area contributed by atoms with Crippen molar-refractivity contribution in [1.82, 2.24) is 0 Å². The average Bonchev–Trinajstić information content (AvgIpc) is 3.42. The van der Waals surface area contributed by atoms with Crippen LogP contribution in [0.15, 0.2) is 29.8 Å². The Kier molecular flexibility index (Phi) is 8.41. The molecule has 8 heteroatoms. The predicted octanol–water partition coefficient (Wildman–Crippen LogP) is 6.16. The fraction of sp³-hybridized carbons (Fsp3) is 0.757. The van der Waals surface area contributed by atoms with Crippen LogP contribution in [0.25, 0.3) is 0 Å². The lowest BCUT2D eigenvalue weighted by atomic mass is 9.48. The molecule has 2 aliphatic heterocycles. The van der Waals surface area contributed by atoms with Gasteiger partial charge in [0, 0.05) is 18.8 Å². The number of rotatable bonds is 3. The van der Waals surface area contributed by atoms with Crippen molar-refractivity contribution in [3.8, 4) is 11.5 Å². The Balaban J connectivity index is 0.000000202. The smallest absolute Gasteiger partial charge is 0.323 e. The van der Waals surface area contributed by atoms with Crippen LogP contribution in [0.1, 0.15) is 98.0 Å². The van der Waals surface area contributed by atoms with Gasteiger partial charge in [0.15, 0.2) is 17.3 Å². The van der Waals surface area contributed by atoms with Gasteiger partial charge in [-0.3, -0.25) is 4.79 Å².